The first-order valence-corrected chi connectivity index (χ1v) is 6.79. The lowest BCUT2D eigenvalue weighted by Gasteiger charge is -2.13. The number of hydrogen-bond donors (Lipinski definition) is 3. The van der Waals surface area contributed by atoms with Crippen LogP contribution in [0.3, 0.4) is 0 Å². The molecule has 2 rings (SSSR count). The summed E-state index contributed by atoms with van der Waals surface area (Å²) in [7, 11) is 0. The van der Waals surface area contributed by atoms with Crippen molar-refractivity contribution in [3.8, 4) is 0 Å². The van der Waals surface area contributed by atoms with Gasteiger partial charge >= 0.3 is 0 Å². The zero-order chi connectivity index (χ0) is 14.5. The Morgan fingerprint density at radius 2 is 1.95 bits per heavy atom. The predicted molar refractivity (Wildman–Crippen MR) is 81.6 cm³/mol. The molecule has 0 saturated heterocycles. The number of anilines is 1. The molecule has 0 heterocycles. The van der Waals surface area contributed by atoms with Crippen molar-refractivity contribution in [1.29, 1.82) is 0 Å². The zero-order valence-electron chi connectivity index (χ0n) is 11.6. The van der Waals surface area contributed by atoms with Crippen LogP contribution in [0.2, 0.25) is 0 Å². The standard InChI is InChI=1S/C16H20N2O2/c1-11(6-7-19)10-18-16(20)14-8-12-4-2-3-5-13(12)9-15(14)17/h2-5,8-9,11,19H,6-7,10,17H2,1H3,(H,18,20). The second-order valence-electron chi connectivity index (χ2n) is 5.11. The van der Waals surface area contributed by atoms with Gasteiger partial charge in [0, 0.05) is 18.8 Å². The van der Waals surface area contributed by atoms with Crippen molar-refractivity contribution >= 4 is 22.4 Å². The Kier molecular flexibility index (Phi) is 4.58. The molecule has 4 N–H and O–H groups in total. The highest BCUT2D eigenvalue weighted by atomic mass is 16.3. The first kappa shape index (κ1) is 14.3. The van der Waals surface area contributed by atoms with Crippen LogP contribution in [0.5, 0.6) is 0 Å². The van der Waals surface area contributed by atoms with Crippen molar-refractivity contribution in [2.75, 3.05) is 18.9 Å². The summed E-state index contributed by atoms with van der Waals surface area (Å²) < 4.78 is 0. The molecule has 2 aromatic rings. The van der Waals surface area contributed by atoms with E-state index in [-0.39, 0.29) is 18.4 Å². The number of carbonyl (C=O) groups excluding carboxylic acids is 1. The van der Waals surface area contributed by atoms with Gasteiger partial charge in [-0.15, -0.1) is 0 Å². The Labute approximate surface area is 118 Å². The molecule has 2 aromatic carbocycles. The molecule has 0 aliphatic heterocycles. The Morgan fingerprint density at radius 3 is 2.60 bits per heavy atom. The van der Waals surface area contributed by atoms with Crippen LogP contribution >= 0.6 is 0 Å². The molecule has 0 aromatic heterocycles. The van der Waals surface area contributed by atoms with Crippen LogP contribution in [0.1, 0.15) is 23.7 Å². The van der Waals surface area contributed by atoms with Gasteiger partial charge in [-0.3, -0.25) is 4.79 Å². The van der Waals surface area contributed by atoms with Gasteiger partial charge in [0.15, 0.2) is 0 Å². The molecule has 1 amide bonds. The fourth-order valence-corrected chi connectivity index (χ4v) is 2.14. The molecule has 0 aliphatic carbocycles. The van der Waals surface area contributed by atoms with E-state index in [0.717, 1.165) is 10.8 Å². The van der Waals surface area contributed by atoms with Crippen molar-refractivity contribution in [3.05, 3.63) is 42.0 Å². The van der Waals surface area contributed by atoms with E-state index < -0.39 is 0 Å². The Balaban J connectivity index is 2.15. The lowest BCUT2D eigenvalue weighted by Crippen LogP contribution is -2.29. The van der Waals surface area contributed by atoms with Gasteiger partial charge in [-0.25, -0.2) is 0 Å². The second-order valence-corrected chi connectivity index (χ2v) is 5.11. The molecule has 0 spiro atoms. The van der Waals surface area contributed by atoms with Gasteiger partial charge in [0.25, 0.3) is 5.91 Å². The Hall–Kier alpha value is -2.07. The third-order valence-corrected chi connectivity index (χ3v) is 3.40. The number of aliphatic hydroxyl groups is 1. The molecule has 0 saturated carbocycles. The summed E-state index contributed by atoms with van der Waals surface area (Å²) in [6, 6.07) is 11.4. The summed E-state index contributed by atoms with van der Waals surface area (Å²) >= 11 is 0. The van der Waals surface area contributed by atoms with Gasteiger partial charge in [0.1, 0.15) is 0 Å². The largest absolute Gasteiger partial charge is 0.398 e. The normalized spacial score (nSPS) is 12.3. The summed E-state index contributed by atoms with van der Waals surface area (Å²) in [6.07, 6.45) is 0.674. The molecular weight excluding hydrogens is 252 g/mol. The highest BCUT2D eigenvalue weighted by molar-refractivity contribution is 6.03. The maximum Gasteiger partial charge on any atom is 0.253 e. The number of hydrogen-bond acceptors (Lipinski definition) is 3. The van der Waals surface area contributed by atoms with Crippen LogP contribution in [-0.2, 0) is 0 Å². The number of rotatable bonds is 5. The summed E-state index contributed by atoms with van der Waals surface area (Å²) in [4.78, 5) is 12.2. The lowest BCUT2D eigenvalue weighted by molar-refractivity contribution is 0.0946. The number of nitrogens with two attached hydrogens (primary N) is 1. The molecule has 0 bridgehead atoms. The summed E-state index contributed by atoms with van der Waals surface area (Å²) in [6.45, 7) is 2.65. The van der Waals surface area contributed by atoms with Crippen molar-refractivity contribution < 1.29 is 9.90 Å². The molecule has 4 nitrogen and oxygen atoms in total. The Morgan fingerprint density at radius 1 is 1.30 bits per heavy atom. The van der Waals surface area contributed by atoms with Crippen LogP contribution < -0.4 is 11.1 Å². The molecule has 1 atom stereocenters. The van der Waals surface area contributed by atoms with E-state index in [9.17, 15) is 4.79 Å². The second kappa shape index (κ2) is 6.39. The molecule has 0 fully saturated rings. The zero-order valence-corrected chi connectivity index (χ0v) is 11.6. The number of benzene rings is 2. The molecule has 0 aliphatic rings. The SMILES string of the molecule is CC(CCO)CNC(=O)c1cc2ccccc2cc1N. The predicted octanol–water partition coefficient (Wildman–Crippen LogP) is 2.17. The number of nitrogens with one attached hydrogen (secondary N) is 1. The third-order valence-electron chi connectivity index (χ3n) is 3.40. The van der Waals surface area contributed by atoms with E-state index in [1.54, 1.807) is 0 Å². The van der Waals surface area contributed by atoms with E-state index in [2.05, 4.69) is 5.32 Å². The topological polar surface area (TPSA) is 75.3 Å². The van der Waals surface area contributed by atoms with Crippen molar-refractivity contribution in [3.63, 3.8) is 0 Å². The molecule has 20 heavy (non-hydrogen) atoms. The number of fused-ring (bicyclic) bond motifs is 1. The molecule has 0 radical (unpaired) electrons. The van der Waals surface area contributed by atoms with E-state index in [1.807, 2.05) is 43.3 Å². The monoisotopic (exact) mass is 272 g/mol. The van der Waals surface area contributed by atoms with Gasteiger partial charge in [0.05, 0.1) is 5.56 Å². The quantitative estimate of drug-likeness (QED) is 0.730. The number of aliphatic hydroxyl groups excluding tert-OH is 1. The van der Waals surface area contributed by atoms with E-state index in [0.29, 0.717) is 24.2 Å². The maximum absolute atomic E-state index is 12.2. The van der Waals surface area contributed by atoms with Crippen LogP contribution in [0, 0.1) is 5.92 Å². The first-order chi connectivity index (χ1) is 9.61. The van der Waals surface area contributed by atoms with Crippen LogP contribution in [0.15, 0.2) is 36.4 Å². The minimum absolute atomic E-state index is 0.134. The van der Waals surface area contributed by atoms with Gasteiger partial charge in [-0.2, -0.15) is 0 Å². The summed E-state index contributed by atoms with van der Waals surface area (Å²) in [5.74, 6) is 0.0728. The van der Waals surface area contributed by atoms with E-state index >= 15 is 0 Å². The first-order valence-electron chi connectivity index (χ1n) is 6.79. The van der Waals surface area contributed by atoms with Crippen molar-refractivity contribution in [2.45, 2.75) is 13.3 Å². The number of carbonyl (C=O) groups is 1. The average Bonchev–Trinajstić information content (AvgIpc) is 2.44. The average molecular weight is 272 g/mol. The van der Waals surface area contributed by atoms with Gasteiger partial charge in [0.2, 0.25) is 0 Å². The lowest BCUT2D eigenvalue weighted by atomic mass is 10.0. The van der Waals surface area contributed by atoms with E-state index in [1.165, 1.54) is 0 Å². The minimum Gasteiger partial charge on any atom is -0.398 e. The van der Waals surface area contributed by atoms with Gasteiger partial charge in [-0.05, 0) is 35.2 Å². The van der Waals surface area contributed by atoms with Crippen molar-refractivity contribution in [1.82, 2.24) is 5.32 Å². The van der Waals surface area contributed by atoms with Crippen LogP contribution in [-0.4, -0.2) is 24.2 Å². The van der Waals surface area contributed by atoms with Gasteiger partial charge in [-0.1, -0.05) is 31.2 Å². The molecule has 1 unspecified atom stereocenters. The highest BCUT2D eigenvalue weighted by Gasteiger charge is 2.12. The summed E-state index contributed by atoms with van der Waals surface area (Å²) in [5.41, 5.74) is 6.93. The smallest absolute Gasteiger partial charge is 0.253 e. The molecular formula is C16H20N2O2. The van der Waals surface area contributed by atoms with Crippen LogP contribution in [0.25, 0.3) is 10.8 Å². The minimum atomic E-state index is -0.168. The van der Waals surface area contributed by atoms with Crippen LogP contribution in [0.4, 0.5) is 5.69 Å². The third kappa shape index (κ3) is 3.27. The van der Waals surface area contributed by atoms with Gasteiger partial charge < -0.3 is 16.2 Å². The number of amides is 1. The highest BCUT2D eigenvalue weighted by Crippen LogP contribution is 2.21. The molecule has 106 valence electrons. The van der Waals surface area contributed by atoms with E-state index in [4.69, 9.17) is 10.8 Å². The fraction of sp³-hybridized carbons (Fsp3) is 0.312. The Bertz CT molecular complexity index is 610. The number of nitrogen functional groups attached to an aromatic ring is 1. The maximum atomic E-state index is 12.2. The van der Waals surface area contributed by atoms with Crippen molar-refractivity contribution in [2.24, 2.45) is 5.92 Å². The molecule has 4 heteroatoms. The summed E-state index contributed by atoms with van der Waals surface area (Å²) in [5, 5.41) is 13.7. The fourth-order valence-electron chi connectivity index (χ4n) is 2.14.